The summed E-state index contributed by atoms with van der Waals surface area (Å²) in [6.07, 6.45) is 1.80. The highest BCUT2D eigenvalue weighted by molar-refractivity contribution is 5.89. The number of benzene rings is 2. The quantitative estimate of drug-likeness (QED) is 0.869. The Hall–Kier alpha value is -2.36. The third-order valence-electron chi connectivity index (χ3n) is 4.05. The van der Waals surface area contributed by atoms with Gasteiger partial charge in [-0.1, -0.05) is 29.8 Å². The SMILES string of the molecule is Cc1ccc(NC(=O)N2CCC[C@H]2c2cccc(F)c2)cc1. The van der Waals surface area contributed by atoms with Crippen molar-refractivity contribution in [2.75, 3.05) is 11.9 Å². The van der Waals surface area contributed by atoms with Gasteiger partial charge in [-0.25, -0.2) is 9.18 Å². The molecule has 0 spiro atoms. The fourth-order valence-corrected chi connectivity index (χ4v) is 2.90. The molecule has 4 heteroatoms. The number of hydrogen-bond acceptors (Lipinski definition) is 1. The number of nitrogens with zero attached hydrogens (tertiary/aromatic N) is 1. The fraction of sp³-hybridized carbons (Fsp3) is 0.278. The van der Waals surface area contributed by atoms with Gasteiger partial charge in [-0.3, -0.25) is 0 Å². The van der Waals surface area contributed by atoms with E-state index in [-0.39, 0.29) is 17.9 Å². The van der Waals surface area contributed by atoms with E-state index >= 15 is 0 Å². The Morgan fingerprint density at radius 1 is 1.23 bits per heavy atom. The first-order valence-electron chi connectivity index (χ1n) is 7.53. The lowest BCUT2D eigenvalue weighted by Crippen LogP contribution is -2.34. The number of carbonyl (C=O) groups is 1. The van der Waals surface area contributed by atoms with Crippen LogP contribution in [0.1, 0.15) is 30.0 Å². The van der Waals surface area contributed by atoms with Gasteiger partial charge in [0.05, 0.1) is 6.04 Å². The van der Waals surface area contributed by atoms with Crippen molar-refractivity contribution >= 4 is 11.7 Å². The smallest absolute Gasteiger partial charge is 0.317 e. The highest BCUT2D eigenvalue weighted by atomic mass is 19.1. The molecule has 0 aliphatic carbocycles. The second-order valence-electron chi connectivity index (χ2n) is 5.70. The maximum atomic E-state index is 13.4. The molecule has 3 nitrogen and oxygen atoms in total. The Bertz CT molecular complexity index is 669. The normalized spacial score (nSPS) is 17.5. The molecule has 1 N–H and O–H groups in total. The van der Waals surface area contributed by atoms with E-state index in [1.54, 1.807) is 11.0 Å². The molecule has 0 saturated carbocycles. The summed E-state index contributed by atoms with van der Waals surface area (Å²) >= 11 is 0. The molecule has 114 valence electrons. The van der Waals surface area contributed by atoms with Crippen molar-refractivity contribution in [3.63, 3.8) is 0 Å². The standard InChI is InChI=1S/C18H19FN2O/c1-13-7-9-16(10-8-13)20-18(22)21-11-3-6-17(21)14-4-2-5-15(19)12-14/h2,4-5,7-10,12,17H,3,6,11H2,1H3,(H,20,22)/t17-/m0/s1. The molecule has 1 heterocycles. The summed E-state index contributed by atoms with van der Waals surface area (Å²) in [4.78, 5) is 14.3. The summed E-state index contributed by atoms with van der Waals surface area (Å²) in [6, 6.07) is 14.0. The van der Waals surface area contributed by atoms with Crippen LogP contribution in [0.3, 0.4) is 0 Å². The predicted octanol–water partition coefficient (Wildman–Crippen LogP) is 4.50. The van der Waals surface area contributed by atoms with E-state index < -0.39 is 0 Å². The fourth-order valence-electron chi connectivity index (χ4n) is 2.90. The van der Waals surface area contributed by atoms with Gasteiger partial charge in [0.25, 0.3) is 0 Å². The van der Waals surface area contributed by atoms with Crippen molar-refractivity contribution in [3.05, 3.63) is 65.5 Å². The average molecular weight is 298 g/mol. The van der Waals surface area contributed by atoms with Crippen molar-refractivity contribution in [3.8, 4) is 0 Å². The van der Waals surface area contributed by atoms with Crippen molar-refractivity contribution in [2.45, 2.75) is 25.8 Å². The summed E-state index contributed by atoms with van der Waals surface area (Å²) in [5.41, 5.74) is 2.79. The van der Waals surface area contributed by atoms with Crippen LogP contribution < -0.4 is 5.32 Å². The third kappa shape index (κ3) is 3.11. The Labute approximate surface area is 129 Å². The number of urea groups is 1. The zero-order valence-electron chi connectivity index (χ0n) is 12.6. The first-order chi connectivity index (χ1) is 10.6. The molecular formula is C18H19FN2O. The van der Waals surface area contributed by atoms with Gasteiger partial charge in [0.2, 0.25) is 0 Å². The molecule has 1 fully saturated rings. The lowest BCUT2D eigenvalue weighted by molar-refractivity contribution is 0.207. The lowest BCUT2D eigenvalue weighted by Gasteiger charge is -2.25. The van der Waals surface area contributed by atoms with Gasteiger partial charge in [-0.15, -0.1) is 0 Å². The van der Waals surface area contributed by atoms with E-state index in [0.29, 0.717) is 6.54 Å². The van der Waals surface area contributed by atoms with Gasteiger partial charge in [0.1, 0.15) is 5.82 Å². The third-order valence-corrected chi connectivity index (χ3v) is 4.05. The topological polar surface area (TPSA) is 32.3 Å². The molecule has 2 aromatic rings. The van der Waals surface area contributed by atoms with Crippen molar-refractivity contribution < 1.29 is 9.18 Å². The molecule has 3 rings (SSSR count). The summed E-state index contributed by atoms with van der Waals surface area (Å²) in [5.74, 6) is -0.261. The van der Waals surface area contributed by atoms with Crippen LogP contribution in [-0.2, 0) is 0 Å². The van der Waals surface area contributed by atoms with Gasteiger partial charge in [-0.2, -0.15) is 0 Å². The van der Waals surface area contributed by atoms with Crippen molar-refractivity contribution in [2.24, 2.45) is 0 Å². The minimum Gasteiger partial charge on any atom is -0.317 e. The minimum atomic E-state index is -0.261. The second-order valence-corrected chi connectivity index (χ2v) is 5.70. The number of nitrogens with one attached hydrogen (secondary N) is 1. The molecule has 1 saturated heterocycles. The highest BCUT2D eigenvalue weighted by Crippen LogP contribution is 2.32. The number of likely N-dealkylation sites (tertiary alicyclic amines) is 1. The van der Waals surface area contributed by atoms with Crippen LogP contribution in [0.4, 0.5) is 14.9 Å². The molecule has 0 radical (unpaired) electrons. The largest absolute Gasteiger partial charge is 0.322 e. The van der Waals surface area contributed by atoms with Gasteiger partial charge in [-0.05, 0) is 49.6 Å². The summed E-state index contributed by atoms with van der Waals surface area (Å²) < 4.78 is 13.4. The maximum Gasteiger partial charge on any atom is 0.322 e. The Balaban J connectivity index is 1.75. The zero-order chi connectivity index (χ0) is 15.5. The van der Waals surface area contributed by atoms with Gasteiger partial charge >= 0.3 is 6.03 Å². The van der Waals surface area contributed by atoms with Gasteiger partial charge in [0.15, 0.2) is 0 Å². The van der Waals surface area contributed by atoms with Gasteiger partial charge in [0, 0.05) is 12.2 Å². The summed E-state index contributed by atoms with van der Waals surface area (Å²) in [7, 11) is 0. The molecule has 22 heavy (non-hydrogen) atoms. The van der Waals surface area contributed by atoms with E-state index in [4.69, 9.17) is 0 Å². The molecule has 2 amide bonds. The zero-order valence-corrected chi connectivity index (χ0v) is 12.6. The molecular weight excluding hydrogens is 279 g/mol. The van der Waals surface area contributed by atoms with Crippen molar-refractivity contribution in [1.29, 1.82) is 0 Å². The highest BCUT2D eigenvalue weighted by Gasteiger charge is 2.30. The minimum absolute atomic E-state index is 0.0545. The van der Waals surface area contributed by atoms with Crippen LogP contribution >= 0.6 is 0 Å². The summed E-state index contributed by atoms with van der Waals surface area (Å²) in [5, 5.41) is 2.92. The molecule has 1 atom stereocenters. The van der Waals surface area contributed by atoms with E-state index in [2.05, 4.69) is 5.32 Å². The predicted molar refractivity (Wildman–Crippen MR) is 85.3 cm³/mol. The summed E-state index contributed by atoms with van der Waals surface area (Å²) in [6.45, 7) is 2.70. The second kappa shape index (κ2) is 6.18. The van der Waals surface area contributed by atoms with E-state index in [1.807, 2.05) is 37.3 Å². The van der Waals surface area contributed by atoms with Crippen LogP contribution in [0, 0.1) is 12.7 Å². The molecule has 1 aliphatic heterocycles. The first kappa shape index (κ1) is 14.6. The first-order valence-corrected chi connectivity index (χ1v) is 7.53. The monoisotopic (exact) mass is 298 g/mol. The van der Waals surface area contributed by atoms with Gasteiger partial charge < -0.3 is 10.2 Å². The average Bonchev–Trinajstić information content (AvgIpc) is 2.99. The molecule has 1 aliphatic rings. The number of aryl methyl sites for hydroxylation is 1. The Morgan fingerprint density at radius 3 is 2.73 bits per heavy atom. The number of carbonyl (C=O) groups excluding carboxylic acids is 1. The lowest BCUT2D eigenvalue weighted by atomic mass is 10.0. The van der Waals surface area contributed by atoms with Crippen LogP contribution in [0.2, 0.25) is 0 Å². The van der Waals surface area contributed by atoms with Crippen LogP contribution in [0.5, 0.6) is 0 Å². The Kier molecular flexibility index (Phi) is 4.09. The Morgan fingerprint density at radius 2 is 2.00 bits per heavy atom. The van der Waals surface area contributed by atoms with E-state index in [1.165, 1.54) is 12.1 Å². The number of halogens is 1. The maximum absolute atomic E-state index is 13.4. The van der Waals surface area contributed by atoms with Crippen LogP contribution in [-0.4, -0.2) is 17.5 Å². The number of rotatable bonds is 2. The number of anilines is 1. The molecule has 0 bridgehead atoms. The van der Waals surface area contributed by atoms with E-state index in [0.717, 1.165) is 29.7 Å². The van der Waals surface area contributed by atoms with E-state index in [9.17, 15) is 9.18 Å². The number of amides is 2. The van der Waals surface area contributed by atoms with Crippen molar-refractivity contribution in [1.82, 2.24) is 4.90 Å². The number of hydrogen-bond donors (Lipinski definition) is 1. The molecule has 0 aromatic heterocycles. The molecule has 0 unspecified atom stereocenters. The molecule has 2 aromatic carbocycles. The van der Waals surface area contributed by atoms with Crippen LogP contribution in [0.15, 0.2) is 48.5 Å². The van der Waals surface area contributed by atoms with Crippen LogP contribution in [0.25, 0.3) is 0 Å².